The number of aryl methyl sites for hydroxylation is 2. The van der Waals surface area contributed by atoms with Gasteiger partial charge in [-0.3, -0.25) is 14.5 Å². The van der Waals surface area contributed by atoms with Gasteiger partial charge in [0.25, 0.3) is 5.78 Å². The van der Waals surface area contributed by atoms with E-state index in [0.29, 0.717) is 22.4 Å². The fourth-order valence-corrected chi connectivity index (χ4v) is 4.91. The molecule has 1 amide bonds. The molecule has 3 aromatic carbocycles. The molecule has 1 aliphatic heterocycles. The second kappa shape index (κ2) is 9.17. The lowest BCUT2D eigenvalue weighted by molar-refractivity contribution is -0.132. The van der Waals surface area contributed by atoms with Gasteiger partial charge in [0, 0.05) is 0 Å². The highest BCUT2D eigenvalue weighted by atomic mass is 16.5. The van der Waals surface area contributed by atoms with Gasteiger partial charge >= 0.3 is 5.91 Å². The summed E-state index contributed by atoms with van der Waals surface area (Å²) in [5.41, 5.74) is 5.39. The van der Waals surface area contributed by atoms with Crippen molar-refractivity contribution in [3.63, 3.8) is 0 Å². The fraction of sp³-hybridized carbons (Fsp3) is 0.258. The Hall–Kier alpha value is -4.39. The summed E-state index contributed by atoms with van der Waals surface area (Å²) in [6.45, 7) is 10.2. The summed E-state index contributed by atoms with van der Waals surface area (Å²) in [6.07, 6.45) is 0. The van der Waals surface area contributed by atoms with Crippen molar-refractivity contribution in [1.82, 2.24) is 9.97 Å². The average Bonchev–Trinajstić information content (AvgIpc) is 3.40. The van der Waals surface area contributed by atoms with Gasteiger partial charge in [-0.25, -0.2) is 4.98 Å². The Morgan fingerprint density at radius 3 is 2.29 bits per heavy atom. The number of aromatic nitrogens is 2. The molecule has 7 nitrogen and oxygen atoms in total. The molecule has 0 bridgehead atoms. The third-order valence-corrected chi connectivity index (χ3v) is 7.00. The number of carbonyl (C=O) groups excluding carboxylic acids is 2. The number of imidazole rings is 1. The first-order valence-corrected chi connectivity index (χ1v) is 12.5. The van der Waals surface area contributed by atoms with Crippen LogP contribution in [0.2, 0.25) is 0 Å². The van der Waals surface area contributed by atoms with E-state index in [9.17, 15) is 14.7 Å². The van der Waals surface area contributed by atoms with Gasteiger partial charge in [-0.05, 0) is 60.2 Å². The topological polar surface area (TPSA) is 95.5 Å². The smallest absolute Gasteiger partial charge is 0.302 e. The Kier molecular flexibility index (Phi) is 6.10. The number of H-pyrrole nitrogens is 1. The van der Waals surface area contributed by atoms with Crippen LogP contribution in [0.5, 0.6) is 5.75 Å². The number of aliphatic hydroxyl groups excluding tert-OH is 1. The summed E-state index contributed by atoms with van der Waals surface area (Å²) < 4.78 is 5.48. The first-order chi connectivity index (χ1) is 18.0. The summed E-state index contributed by atoms with van der Waals surface area (Å²) in [6, 6.07) is 18.0. The zero-order chi connectivity index (χ0) is 27.4. The van der Waals surface area contributed by atoms with Gasteiger partial charge in [0.2, 0.25) is 5.95 Å². The van der Waals surface area contributed by atoms with E-state index in [1.165, 1.54) is 12.0 Å². The molecule has 1 unspecified atom stereocenters. The van der Waals surface area contributed by atoms with Gasteiger partial charge in [0.1, 0.15) is 11.5 Å². The van der Waals surface area contributed by atoms with E-state index in [0.717, 1.165) is 22.2 Å². The highest BCUT2D eigenvalue weighted by molar-refractivity contribution is 6.51. The maximum absolute atomic E-state index is 13.6. The van der Waals surface area contributed by atoms with Crippen molar-refractivity contribution in [2.75, 3.05) is 12.0 Å². The highest BCUT2D eigenvalue weighted by Gasteiger charge is 2.48. The van der Waals surface area contributed by atoms with Crippen molar-refractivity contribution >= 4 is 34.4 Å². The largest absolute Gasteiger partial charge is 0.507 e. The molecule has 0 aliphatic carbocycles. The Labute approximate surface area is 221 Å². The van der Waals surface area contributed by atoms with Gasteiger partial charge in [-0.1, -0.05) is 62.7 Å². The molecule has 5 rings (SSSR count). The third-order valence-electron chi connectivity index (χ3n) is 7.00. The quantitative estimate of drug-likeness (QED) is 0.197. The first-order valence-electron chi connectivity index (χ1n) is 12.5. The molecule has 7 heteroatoms. The molecular weight excluding hydrogens is 478 g/mol. The molecule has 1 fully saturated rings. The number of benzene rings is 3. The van der Waals surface area contributed by atoms with Crippen molar-refractivity contribution < 1.29 is 19.4 Å². The summed E-state index contributed by atoms with van der Waals surface area (Å²) in [7, 11) is 1.50. The predicted octanol–water partition coefficient (Wildman–Crippen LogP) is 6.11. The summed E-state index contributed by atoms with van der Waals surface area (Å²) in [5.74, 6) is -1.19. The number of aromatic amines is 1. The van der Waals surface area contributed by atoms with E-state index in [2.05, 4.69) is 30.7 Å². The van der Waals surface area contributed by atoms with E-state index in [-0.39, 0.29) is 22.7 Å². The minimum atomic E-state index is -0.893. The molecule has 2 N–H and O–H groups in total. The lowest BCUT2D eigenvalue weighted by Gasteiger charge is -2.25. The number of nitrogens with one attached hydrogen (secondary N) is 1. The van der Waals surface area contributed by atoms with Crippen LogP contribution in [0.3, 0.4) is 0 Å². The van der Waals surface area contributed by atoms with Gasteiger partial charge in [-0.2, -0.15) is 0 Å². The number of ketones is 1. The minimum absolute atomic E-state index is 0.0148. The van der Waals surface area contributed by atoms with Crippen LogP contribution in [-0.2, 0) is 15.0 Å². The Bertz CT molecular complexity index is 1610. The molecule has 1 saturated heterocycles. The summed E-state index contributed by atoms with van der Waals surface area (Å²) in [4.78, 5) is 36.3. The number of rotatable bonds is 4. The van der Waals surface area contributed by atoms with E-state index >= 15 is 0 Å². The second-order valence-electron chi connectivity index (χ2n) is 10.8. The molecule has 0 radical (unpaired) electrons. The number of ether oxygens (including phenoxy) is 1. The van der Waals surface area contributed by atoms with Crippen molar-refractivity contribution in [2.45, 2.75) is 46.1 Å². The number of hydrogen-bond acceptors (Lipinski definition) is 5. The molecule has 38 heavy (non-hydrogen) atoms. The third kappa shape index (κ3) is 4.24. The van der Waals surface area contributed by atoms with Crippen molar-refractivity contribution in [1.29, 1.82) is 0 Å². The minimum Gasteiger partial charge on any atom is -0.507 e. The molecule has 0 spiro atoms. The number of carbonyl (C=O) groups is 2. The lowest BCUT2D eigenvalue weighted by Crippen LogP contribution is -2.30. The normalized spacial score (nSPS) is 17.4. The van der Waals surface area contributed by atoms with E-state index < -0.39 is 17.7 Å². The van der Waals surface area contributed by atoms with Crippen LogP contribution < -0.4 is 9.64 Å². The monoisotopic (exact) mass is 509 g/mol. The number of fused-ring (bicyclic) bond motifs is 1. The molecule has 1 aliphatic rings. The number of amides is 1. The first kappa shape index (κ1) is 25.3. The zero-order valence-corrected chi connectivity index (χ0v) is 22.4. The molecule has 1 aromatic heterocycles. The average molecular weight is 510 g/mol. The maximum atomic E-state index is 13.6. The van der Waals surface area contributed by atoms with E-state index in [1.54, 1.807) is 12.1 Å². The van der Waals surface area contributed by atoms with Crippen LogP contribution in [0, 0.1) is 13.8 Å². The number of methoxy groups -OCH3 is 1. The van der Waals surface area contributed by atoms with Crippen molar-refractivity contribution in [3.8, 4) is 5.75 Å². The molecular formula is C31H31N3O4. The van der Waals surface area contributed by atoms with Gasteiger partial charge in [0.05, 0.1) is 35.3 Å². The Morgan fingerprint density at radius 1 is 0.974 bits per heavy atom. The molecule has 2 heterocycles. The van der Waals surface area contributed by atoms with Crippen molar-refractivity contribution in [3.05, 3.63) is 94.1 Å². The predicted molar refractivity (Wildman–Crippen MR) is 148 cm³/mol. The standard InChI is InChI=1S/C31H31N3O4/c1-17-8-14-24(38-6)21(15-17)27(35)25-26(19-9-11-20(12-10-19)31(3,4)5)34(29(37)28(25)36)30-32-22-13-7-18(2)16-23(22)33-30/h7-16,26,35H,1-6H3,(H,32,33)/b27-25+. The summed E-state index contributed by atoms with van der Waals surface area (Å²) in [5, 5.41) is 11.6. The van der Waals surface area contributed by atoms with Crippen LogP contribution in [0.1, 0.15) is 54.6 Å². The number of Topliss-reactive ketones (excluding diaryl/α,β-unsaturated/α-hetero) is 1. The fourth-order valence-electron chi connectivity index (χ4n) is 4.91. The van der Waals surface area contributed by atoms with Crippen molar-refractivity contribution in [2.24, 2.45) is 0 Å². The van der Waals surface area contributed by atoms with Gasteiger partial charge in [0.15, 0.2) is 0 Å². The zero-order valence-electron chi connectivity index (χ0n) is 22.4. The SMILES string of the molecule is COc1ccc(C)cc1/C(O)=C1\C(=O)C(=O)N(c2nc3ccc(C)cc3[nH]2)C1c1ccc(C(C)(C)C)cc1. The Balaban J connectivity index is 1.75. The van der Waals surface area contributed by atoms with Gasteiger partial charge < -0.3 is 14.8 Å². The number of hydrogen-bond donors (Lipinski definition) is 2. The van der Waals surface area contributed by atoms with Crippen LogP contribution >= 0.6 is 0 Å². The Morgan fingerprint density at radius 2 is 1.63 bits per heavy atom. The maximum Gasteiger partial charge on any atom is 0.302 e. The van der Waals surface area contributed by atoms with Crippen LogP contribution in [0.25, 0.3) is 16.8 Å². The molecule has 1 atom stereocenters. The van der Waals surface area contributed by atoms with Crippen LogP contribution in [0.15, 0.2) is 66.2 Å². The van der Waals surface area contributed by atoms with E-state index in [4.69, 9.17) is 4.74 Å². The number of aliphatic hydroxyl groups is 1. The number of anilines is 1. The van der Waals surface area contributed by atoms with Crippen LogP contribution in [-0.4, -0.2) is 33.9 Å². The molecule has 194 valence electrons. The lowest BCUT2D eigenvalue weighted by atomic mass is 9.85. The highest BCUT2D eigenvalue weighted by Crippen LogP contribution is 2.43. The van der Waals surface area contributed by atoms with Crippen LogP contribution in [0.4, 0.5) is 5.95 Å². The molecule has 0 saturated carbocycles. The number of nitrogens with zero attached hydrogens (tertiary/aromatic N) is 2. The van der Waals surface area contributed by atoms with E-state index in [1.807, 2.05) is 62.4 Å². The second-order valence-corrected chi connectivity index (χ2v) is 10.8. The van der Waals surface area contributed by atoms with Gasteiger partial charge in [-0.15, -0.1) is 0 Å². The molecule has 4 aromatic rings. The summed E-state index contributed by atoms with van der Waals surface area (Å²) >= 11 is 0.